The molecule has 0 saturated heterocycles. The second kappa shape index (κ2) is 6.44. The highest BCUT2D eigenvalue weighted by Gasteiger charge is 2.13. The van der Waals surface area contributed by atoms with Gasteiger partial charge < -0.3 is 10.0 Å². The van der Waals surface area contributed by atoms with Crippen molar-refractivity contribution in [1.82, 2.24) is 4.90 Å². The lowest BCUT2D eigenvalue weighted by atomic mass is 10.1. The molecule has 0 aliphatic heterocycles. The molecule has 100 valence electrons. The number of hydrogen-bond acceptors (Lipinski definition) is 2. The van der Waals surface area contributed by atoms with Crippen LogP contribution in [0.4, 0.5) is 8.78 Å². The summed E-state index contributed by atoms with van der Waals surface area (Å²) in [6.45, 7) is 2.28. The zero-order chi connectivity index (χ0) is 13.7. The fraction of sp³-hybridized carbons (Fsp3) is 0.462. The molecule has 0 saturated carbocycles. The highest BCUT2D eigenvalue weighted by atomic mass is 19.1. The zero-order valence-electron chi connectivity index (χ0n) is 10.5. The Bertz CT molecular complexity index is 423. The molecule has 3 nitrogen and oxygen atoms in total. The van der Waals surface area contributed by atoms with Gasteiger partial charge in [0.1, 0.15) is 11.6 Å². The Morgan fingerprint density at radius 3 is 2.67 bits per heavy atom. The molecule has 0 fully saturated rings. The van der Waals surface area contributed by atoms with E-state index in [0.29, 0.717) is 18.5 Å². The fourth-order valence-corrected chi connectivity index (χ4v) is 1.65. The molecule has 0 radical (unpaired) electrons. The monoisotopic (exact) mass is 257 g/mol. The summed E-state index contributed by atoms with van der Waals surface area (Å²) >= 11 is 0. The van der Waals surface area contributed by atoms with Gasteiger partial charge in [-0.25, -0.2) is 8.78 Å². The first kappa shape index (κ1) is 14.6. The molecule has 18 heavy (non-hydrogen) atoms. The van der Waals surface area contributed by atoms with E-state index in [9.17, 15) is 13.6 Å². The standard InChI is InChI=1S/C13H17F2NO2/c1-9(16(2)6-5-13(17)18)7-10-3-4-11(14)8-12(10)15/h3-4,8-9H,5-7H2,1-2H3,(H,17,18). The normalized spacial score (nSPS) is 12.7. The predicted molar refractivity (Wildman–Crippen MR) is 64.4 cm³/mol. The van der Waals surface area contributed by atoms with Gasteiger partial charge in [0.15, 0.2) is 0 Å². The Balaban J connectivity index is 2.57. The number of benzene rings is 1. The quantitative estimate of drug-likeness (QED) is 0.850. The van der Waals surface area contributed by atoms with Gasteiger partial charge in [0.2, 0.25) is 0 Å². The number of halogens is 2. The third-order valence-corrected chi connectivity index (χ3v) is 2.96. The third kappa shape index (κ3) is 4.41. The van der Waals surface area contributed by atoms with Crippen molar-refractivity contribution in [3.8, 4) is 0 Å². The summed E-state index contributed by atoms with van der Waals surface area (Å²) in [5.41, 5.74) is 0.436. The summed E-state index contributed by atoms with van der Waals surface area (Å²) in [5, 5.41) is 8.58. The largest absolute Gasteiger partial charge is 0.481 e. The second-order valence-electron chi connectivity index (χ2n) is 4.41. The highest BCUT2D eigenvalue weighted by Crippen LogP contribution is 2.13. The summed E-state index contributed by atoms with van der Waals surface area (Å²) in [5.74, 6) is -2.02. The molecule has 1 atom stereocenters. The van der Waals surface area contributed by atoms with E-state index in [4.69, 9.17) is 5.11 Å². The van der Waals surface area contributed by atoms with Crippen LogP contribution in [0.1, 0.15) is 18.9 Å². The van der Waals surface area contributed by atoms with E-state index >= 15 is 0 Å². The summed E-state index contributed by atoms with van der Waals surface area (Å²) in [4.78, 5) is 12.3. The maximum Gasteiger partial charge on any atom is 0.304 e. The minimum Gasteiger partial charge on any atom is -0.481 e. The van der Waals surface area contributed by atoms with Crippen molar-refractivity contribution in [1.29, 1.82) is 0 Å². The minimum absolute atomic E-state index is 0.00990. The Hall–Kier alpha value is -1.49. The van der Waals surface area contributed by atoms with E-state index < -0.39 is 17.6 Å². The van der Waals surface area contributed by atoms with Crippen LogP contribution in [0.2, 0.25) is 0 Å². The summed E-state index contributed by atoms with van der Waals surface area (Å²) < 4.78 is 26.2. The molecule has 5 heteroatoms. The maximum absolute atomic E-state index is 13.4. The van der Waals surface area contributed by atoms with Crippen LogP contribution in [0.3, 0.4) is 0 Å². The Kier molecular flexibility index (Phi) is 5.22. The Morgan fingerprint density at radius 2 is 2.11 bits per heavy atom. The van der Waals surface area contributed by atoms with Gasteiger partial charge in [0.05, 0.1) is 6.42 Å². The van der Waals surface area contributed by atoms with E-state index in [1.165, 1.54) is 12.1 Å². The van der Waals surface area contributed by atoms with Crippen LogP contribution in [-0.4, -0.2) is 35.6 Å². The van der Waals surface area contributed by atoms with Crippen LogP contribution in [0.15, 0.2) is 18.2 Å². The van der Waals surface area contributed by atoms with Crippen molar-refractivity contribution in [2.75, 3.05) is 13.6 Å². The van der Waals surface area contributed by atoms with E-state index in [1.54, 1.807) is 7.05 Å². The van der Waals surface area contributed by atoms with Crippen LogP contribution in [0, 0.1) is 11.6 Å². The Morgan fingerprint density at radius 1 is 1.44 bits per heavy atom. The molecular formula is C13H17F2NO2. The molecule has 1 N–H and O–H groups in total. The van der Waals surface area contributed by atoms with E-state index in [2.05, 4.69) is 0 Å². The zero-order valence-corrected chi connectivity index (χ0v) is 10.5. The summed E-state index contributed by atoms with van der Waals surface area (Å²) in [6, 6.07) is 3.50. The molecular weight excluding hydrogens is 240 g/mol. The van der Waals surface area contributed by atoms with Gasteiger partial charge in [-0.2, -0.15) is 0 Å². The smallest absolute Gasteiger partial charge is 0.304 e. The van der Waals surface area contributed by atoms with Gasteiger partial charge in [-0.15, -0.1) is 0 Å². The van der Waals surface area contributed by atoms with Crippen LogP contribution in [0.25, 0.3) is 0 Å². The van der Waals surface area contributed by atoms with Crippen LogP contribution in [-0.2, 0) is 11.2 Å². The van der Waals surface area contributed by atoms with E-state index in [-0.39, 0.29) is 12.5 Å². The van der Waals surface area contributed by atoms with Crippen LogP contribution >= 0.6 is 0 Å². The van der Waals surface area contributed by atoms with E-state index in [1.807, 2.05) is 11.8 Å². The molecule has 0 aliphatic carbocycles. The number of carboxylic acid groups (broad SMARTS) is 1. The minimum atomic E-state index is -0.859. The molecule has 1 aromatic rings. The van der Waals surface area contributed by atoms with Gasteiger partial charge in [-0.3, -0.25) is 4.79 Å². The third-order valence-electron chi connectivity index (χ3n) is 2.96. The van der Waals surface area contributed by atoms with E-state index in [0.717, 1.165) is 6.07 Å². The van der Waals surface area contributed by atoms with Crippen molar-refractivity contribution in [2.24, 2.45) is 0 Å². The van der Waals surface area contributed by atoms with Crippen molar-refractivity contribution >= 4 is 5.97 Å². The summed E-state index contributed by atoms with van der Waals surface area (Å²) in [7, 11) is 1.79. The van der Waals surface area contributed by atoms with Gasteiger partial charge in [0.25, 0.3) is 0 Å². The number of aliphatic carboxylic acids is 1. The highest BCUT2D eigenvalue weighted by molar-refractivity contribution is 5.66. The molecule has 1 aromatic carbocycles. The molecule has 0 bridgehead atoms. The fourth-order valence-electron chi connectivity index (χ4n) is 1.65. The average Bonchev–Trinajstić information content (AvgIpc) is 2.29. The molecule has 0 aromatic heterocycles. The number of likely N-dealkylation sites (N-methyl/N-ethyl adjacent to an activating group) is 1. The van der Waals surface area contributed by atoms with Crippen molar-refractivity contribution in [2.45, 2.75) is 25.8 Å². The Labute approximate surface area is 105 Å². The first-order chi connectivity index (χ1) is 8.40. The predicted octanol–water partition coefficient (Wildman–Crippen LogP) is 2.30. The second-order valence-corrected chi connectivity index (χ2v) is 4.41. The number of rotatable bonds is 6. The average molecular weight is 257 g/mol. The molecule has 0 aliphatic rings. The van der Waals surface area contributed by atoms with Crippen LogP contribution < -0.4 is 0 Å². The number of carboxylic acids is 1. The maximum atomic E-state index is 13.4. The number of nitrogens with zero attached hydrogens (tertiary/aromatic N) is 1. The lowest BCUT2D eigenvalue weighted by Crippen LogP contribution is -2.33. The molecule has 1 rings (SSSR count). The number of carbonyl (C=O) groups is 1. The molecule has 1 unspecified atom stereocenters. The van der Waals surface area contributed by atoms with Crippen molar-refractivity contribution in [3.63, 3.8) is 0 Å². The molecule has 0 spiro atoms. The molecule has 0 amide bonds. The number of hydrogen-bond donors (Lipinski definition) is 1. The van der Waals surface area contributed by atoms with Gasteiger partial charge in [-0.1, -0.05) is 6.07 Å². The summed E-state index contributed by atoms with van der Waals surface area (Å²) in [6.07, 6.45) is 0.467. The van der Waals surface area contributed by atoms with Crippen LogP contribution in [0.5, 0.6) is 0 Å². The van der Waals surface area contributed by atoms with Gasteiger partial charge in [-0.05, 0) is 32.0 Å². The lowest BCUT2D eigenvalue weighted by Gasteiger charge is -2.24. The van der Waals surface area contributed by atoms with Gasteiger partial charge in [0, 0.05) is 18.7 Å². The molecule has 0 heterocycles. The topological polar surface area (TPSA) is 40.5 Å². The van der Waals surface area contributed by atoms with Gasteiger partial charge >= 0.3 is 5.97 Å². The SMILES string of the molecule is CC(Cc1ccc(F)cc1F)N(C)CCC(=O)O. The van der Waals surface area contributed by atoms with Crippen molar-refractivity contribution < 1.29 is 18.7 Å². The first-order valence-electron chi connectivity index (χ1n) is 5.76. The first-order valence-corrected chi connectivity index (χ1v) is 5.76. The van der Waals surface area contributed by atoms with Crippen molar-refractivity contribution in [3.05, 3.63) is 35.4 Å². The lowest BCUT2D eigenvalue weighted by molar-refractivity contribution is -0.137.